The summed E-state index contributed by atoms with van der Waals surface area (Å²) in [6.45, 7) is 1.93. The highest BCUT2D eigenvalue weighted by Gasteiger charge is 2.38. The third-order valence-electron chi connectivity index (χ3n) is 4.19. The fourth-order valence-corrected chi connectivity index (χ4v) is 3.39. The Kier molecular flexibility index (Phi) is 3.45. The van der Waals surface area contributed by atoms with Crippen LogP contribution < -0.4 is 0 Å². The first-order chi connectivity index (χ1) is 6.79. The summed E-state index contributed by atoms with van der Waals surface area (Å²) in [5.41, 5.74) is 0. The molecule has 2 aliphatic carbocycles. The molecule has 14 heavy (non-hydrogen) atoms. The minimum Gasteiger partial charge on any atom is -0.371 e. The largest absolute Gasteiger partial charge is 0.371 e. The lowest BCUT2D eigenvalue weighted by molar-refractivity contribution is -0.0474. The second kappa shape index (κ2) is 4.63. The first kappa shape index (κ1) is 10.4. The molecule has 4 atom stereocenters. The number of fused-ring (bicyclic) bond motifs is 2. The van der Waals surface area contributed by atoms with Crippen LogP contribution in [0.15, 0.2) is 0 Å². The van der Waals surface area contributed by atoms with Gasteiger partial charge in [-0.1, -0.05) is 6.42 Å². The van der Waals surface area contributed by atoms with Gasteiger partial charge in [0.15, 0.2) is 0 Å². The molecular formula is C12H22O2. The molecule has 0 aromatic carbocycles. The van der Waals surface area contributed by atoms with Gasteiger partial charge in [0.25, 0.3) is 0 Å². The highest BCUT2D eigenvalue weighted by atomic mass is 16.6. The molecule has 4 unspecified atom stereocenters. The monoisotopic (exact) mass is 198 g/mol. The van der Waals surface area contributed by atoms with Gasteiger partial charge in [-0.3, -0.25) is 0 Å². The van der Waals surface area contributed by atoms with Gasteiger partial charge in [0.2, 0.25) is 0 Å². The predicted molar refractivity (Wildman–Crippen MR) is 55.8 cm³/mol. The molecule has 2 heteroatoms. The number of hydrogen-bond donors (Lipinski definition) is 1. The van der Waals surface area contributed by atoms with Crippen molar-refractivity contribution in [1.82, 2.24) is 0 Å². The van der Waals surface area contributed by atoms with E-state index in [-0.39, 0.29) is 12.9 Å². The van der Waals surface area contributed by atoms with Crippen molar-refractivity contribution in [2.75, 3.05) is 6.79 Å². The number of ether oxygens (including phenoxy) is 1. The van der Waals surface area contributed by atoms with Crippen LogP contribution in [0.2, 0.25) is 0 Å². The summed E-state index contributed by atoms with van der Waals surface area (Å²) in [5.74, 6) is 3.05. The zero-order valence-electron chi connectivity index (χ0n) is 9.11. The maximum absolute atomic E-state index is 8.61. The van der Waals surface area contributed by atoms with Crippen LogP contribution in [0.25, 0.3) is 0 Å². The van der Waals surface area contributed by atoms with E-state index in [1.54, 1.807) is 0 Å². The number of aliphatic hydroxyl groups is 1. The molecule has 2 fully saturated rings. The van der Waals surface area contributed by atoms with Gasteiger partial charge in [-0.25, -0.2) is 0 Å². The van der Waals surface area contributed by atoms with Gasteiger partial charge in [0, 0.05) is 0 Å². The smallest absolute Gasteiger partial charge is 0.143 e. The second-order valence-electron chi connectivity index (χ2n) is 5.12. The highest BCUT2D eigenvalue weighted by molar-refractivity contribution is 4.89. The number of rotatable bonds is 5. The molecule has 1 N–H and O–H groups in total. The van der Waals surface area contributed by atoms with Crippen molar-refractivity contribution in [2.24, 2.45) is 17.8 Å². The summed E-state index contributed by atoms with van der Waals surface area (Å²) in [4.78, 5) is 0. The van der Waals surface area contributed by atoms with Crippen LogP contribution in [0.5, 0.6) is 0 Å². The van der Waals surface area contributed by atoms with Gasteiger partial charge >= 0.3 is 0 Å². The Morgan fingerprint density at radius 3 is 2.79 bits per heavy atom. The molecule has 0 aliphatic heterocycles. The minimum absolute atomic E-state index is 0.127. The van der Waals surface area contributed by atoms with E-state index < -0.39 is 0 Å². The third kappa shape index (κ3) is 2.29. The maximum atomic E-state index is 8.61. The van der Waals surface area contributed by atoms with Gasteiger partial charge < -0.3 is 9.84 Å². The topological polar surface area (TPSA) is 29.5 Å². The Balaban J connectivity index is 1.66. The maximum Gasteiger partial charge on any atom is 0.143 e. The highest BCUT2D eigenvalue weighted by Crippen LogP contribution is 2.49. The molecule has 0 aromatic rings. The van der Waals surface area contributed by atoms with Crippen LogP contribution >= 0.6 is 0 Å². The summed E-state index contributed by atoms with van der Waals surface area (Å²) in [7, 11) is 0. The van der Waals surface area contributed by atoms with Crippen LogP contribution in [-0.2, 0) is 4.74 Å². The molecule has 2 bridgehead atoms. The zero-order chi connectivity index (χ0) is 9.97. The summed E-state index contributed by atoms with van der Waals surface area (Å²) in [6, 6.07) is 0. The Morgan fingerprint density at radius 2 is 2.21 bits per heavy atom. The second-order valence-corrected chi connectivity index (χ2v) is 5.12. The van der Waals surface area contributed by atoms with E-state index >= 15 is 0 Å². The molecule has 2 nitrogen and oxygen atoms in total. The SMILES string of the molecule is CC(CCC1CC2CCC1C2)OCO. The summed E-state index contributed by atoms with van der Waals surface area (Å²) >= 11 is 0. The summed E-state index contributed by atoms with van der Waals surface area (Å²) in [5, 5.41) is 8.61. The van der Waals surface area contributed by atoms with Crippen LogP contribution in [0.4, 0.5) is 0 Å². The standard InChI is InChI=1S/C12H22O2/c1-9(14-8-13)2-4-11-6-10-3-5-12(11)7-10/h9-13H,2-8H2,1H3. The molecule has 2 rings (SSSR count). The molecule has 0 spiro atoms. The molecule has 0 saturated heterocycles. The Bertz CT molecular complexity index is 181. The first-order valence-corrected chi connectivity index (χ1v) is 6.02. The molecule has 0 amide bonds. The molecule has 2 saturated carbocycles. The fraction of sp³-hybridized carbons (Fsp3) is 1.00. The minimum atomic E-state index is -0.127. The molecule has 0 heterocycles. The summed E-state index contributed by atoms with van der Waals surface area (Å²) < 4.78 is 5.14. The predicted octanol–water partition coefficient (Wildman–Crippen LogP) is 2.56. The average Bonchev–Trinajstić information content (AvgIpc) is 2.76. The van der Waals surface area contributed by atoms with Gasteiger partial charge in [0.1, 0.15) is 6.79 Å². The van der Waals surface area contributed by atoms with Crippen molar-refractivity contribution in [3.05, 3.63) is 0 Å². The third-order valence-corrected chi connectivity index (χ3v) is 4.19. The lowest BCUT2D eigenvalue weighted by atomic mass is 9.85. The van der Waals surface area contributed by atoms with E-state index in [4.69, 9.17) is 9.84 Å². The Hall–Kier alpha value is -0.0800. The molecule has 2 aliphatic rings. The van der Waals surface area contributed by atoms with E-state index in [0.717, 1.165) is 24.2 Å². The van der Waals surface area contributed by atoms with Crippen molar-refractivity contribution in [2.45, 2.75) is 51.6 Å². The van der Waals surface area contributed by atoms with Crippen LogP contribution in [0.1, 0.15) is 45.4 Å². The van der Waals surface area contributed by atoms with Crippen LogP contribution in [0, 0.1) is 17.8 Å². The first-order valence-electron chi connectivity index (χ1n) is 6.02. The molecular weight excluding hydrogens is 176 g/mol. The summed E-state index contributed by atoms with van der Waals surface area (Å²) in [6.07, 6.45) is 8.60. The average molecular weight is 198 g/mol. The van der Waals surface area contributed by atoms with Gasteiger partial charge in [-0.2, -0.15) is 0 Å². The molecule has 0 radical (unpaired) electrons. The molecule has 0 aromatic heterocycles. The molecule has 82 valence electrons. The van der Waals surface area contributed by atoms with E-state index in [1.807, 2.05) is 0 Å². The van der Waals surface area contributed by atoms with Gasteiger partial charge in [-0.15, -0.1) is 0 Å². The van der Waals surface area contributed by atoms with Crippen LogP contribution in [0.3, 0.4) is 0 Å². The fourth-order valence-electron chi connectivity index (χ4n) is 3.39. The van der Waals surface area contributed by atoms with E-state index in [1.165, 1.54) is 32.1 Å². The van der Waals surface area contributed by atoms with Crippen molar-refractivity contribution in [3.63, 3.8) is 0 Å². The van der Waals surface area contributed by atoms with Crippen molar-refractivity contribution in [1.29, 1.82) is 0 Å². The Labute approximate surface area is 86.6 Å². The lowest BCUT2D eigenvalue weighted by Crippen LogP contribution is -2.15. The van der Waals surface area contributed by atoms with Crippen molar-refractivity contribution >= 4 is 0 Å². The normalized spacial score (nSPS) is 37.7. The lowest BCUT2D eigenvalue weighted by Gasteiger charge is -2.22. The number of aliphatic hydroxyl groups excluding tert-OH is 1. The van der Waals surface area contributed by atoms with Crippen molar-refractivity contribution < 1.29 is 9.84 Å². The van der Waals surface area contributed by atoms with E-state index in [9.17, 15) is 0 Å². The van der Waals surface area contributed by atoms with E-state index in [2.05, 4.69) is 6.92 Å². The quantitative estimate of drug-likeness (QED) is 0.688. The number of hydrogen-bond acceptors (Lipinski definition) is 2. The van der Waals surface area contributed by atoms with Crippen LogP contribution in [-0.4, -0.2) is 18.0 Å². The van der Waals surface area contributed by atoms with Gasteiger partial charge in [-0.05, 0) is 56.8 Å². The van der Waals surface area contributed by atoms with Gasteiger partial charge in [0.05, 0.1) is 6.10 Å². The zero-order valence-corrected chi connectivity index (χ0v) is 9.11. The van der Waals surface area contributed by atoms with E-state index in [0.29, 0.717) is 0 Å². The Morgan fingerprint density at radius 1 is 1.36 bits per heavy atom. The van der Waals surface area contributed by atoms with Crippen molar-refractivity contribution in [3.8, 4) is 0 Å².